The molecule has 6 nitrogen and oxygen atoms in total. The second-order valence-corrected chi connectivity index (χ2v) is 8.29. The van der Waals surface area contributed by atoms with Crippen LogP contribution in [0.4, 0.5) is 0 Å². The summed E-state index contributed by atoms with van der Waals surface area (Å²) in [6.07, 6.45) is 2.06. The van der Waals surface area contributed by atoms with Gasteiger partial charge in [0.1, 0.15) is 5.76 Å². The normalized spacial score (nSPS) is 14.9. The minimum absolute atomic E-state index is 0.144. The molecule has 0 unspecified atom stereocenters. The summed E-state index contributed by atoms with van der Waals surface area (Å²) >= 11 is 6.56. The number of fused-ring (bicyclic) bond motifs is 1. The van der Waals surface area contributed by atoms with Gasteiger partial charge in [0.15, 0.2) is 5.69 Å². The highest BCUT2D eigenvalue weighted by Gasteiger charge is 2.24. The lowest BCUT2D eigenvalue weighted by Crippen LogP contribution is -2.13. The number of aryl methyl sites for hydroxylation is 1. The predicted molar refractivity (Wildman–Crippen MR) is 118 cm³/mol. The molecule has 0 saturated carbocycles. The summed E-state index contributed by atoms with van der Waals surface area (Å²) in [5, 5.41) is 15.3. The SMILES string of the molecule is Cc1cc(C(=O)c2c(O)[nH]c3cc(Cl)c(-c4ccc(C5CCOCC5)cc4)cc23)no1. The van der Waals surface area contributed by atoms with E-state index in [1.54, 1.807) is 19.1 Å². The van der Waals surface area contributed by atoms with E-state index in [1.165, 1.54) is 5.56 Å². The van der Waals surface area contributed by atoms with Crippen LogP contribution in [0.5, 0.6) is 5.88 Å². The molecule has 2 N–H and O–H groups in total. The first-order valence-corrected chi connectivity index (χ1v) is 10.6. The van der Waals surface area contributed by atoms with Crippen LogP contribution < -0.4 is 0 Å². The molecule has 1 aliphatic heterocycles. The Bertz CT molecular complexity index is 1270. The minimum Gasteiger partial charge on any atom is -0.494 e. The third kappa shape index (κ3) is 3.62. The lowest BCUT2D eigenvalue weighted by molar-refractivity contribution is 0.0853. The number of H-pyrrole nitrogens is 1. The number of aromatic hydroxyl groups is 1. The molecule has 158 valence electrons. The summed E-state index contributed by atoms with van der Waals surface area (Å²) in [5.74, 6) is 0.404. The summed E-state index contributed by atoms with van der Waals surface area (Å²) in [6, 6.07) is 13.5. The zero-order valence-electron chi connectivity index (χ0n) is 16.9. The number of aromatic amines is 1. The van der Waals surface area contributed by atoms with E-state index in [2.05, 4.69) is 22.3 Å². The van der Waals surface area contributed by atoms with Crippen molar-refractivity contribution in [1.29, 1.82) is 0 Å². The quantitative estimate of drug-likeness (QED) is 0.405. The highest BCUT2D eigenvalue weighted by atomic mass is 35.5. The molecule has 2 aromatic heterocycles. The van der Waals surface area contributed by atoms with Gasteiger partial charge in [0.25, 0.3) is 0 Å². The number of aromatic nitrogens is 2. The van der Waals surface area contributed by atoms with E-state index in [0.29, 0.717) is 27.6 Å². The van der Waals surface area contributed by atoms with Crippen LogP contribution in [0.25, 0.3) is 22.0 Å². The summed E-state index contributed by atoms with van der Waals surface area (Å²) in [7, 11) is 0. The number of nitrogens with one attached hydrogen (secondary N) is 1. The van der Waals surface area contributed by atoms with Crippen LogP contribution in [0.3, 0.4) is 0 Å². The van der Waals surface area contributed by atoms with Crippen molar-refractivity contribution in [2.75, 3.05) is 13.2 Å². The summed E-state index contributed by atoms with van der Waals surface area (Å²) in [4.78, 5) is 15.8. The van der Waals surface area contributed by atoms with E-state index >= 15 is 0 Å². The van der Waals surface area contributed by atoms with Gasteiger partial charge >= 0.3 is 0 Å². The maximum absolute atomic E-state index is 13.0. The van der Waals surface area contributed by atoms with Gasteiger partial charge in [-0.15, -0.1) is 0 Å². The summed E-state index contributed by atoms with van der Waals surface area (Å²) < 4.78 is 10.5. The number of ketones is 1. The molecule has 4 aromatic rings. The fourth-order valence-corrected chi connectivity index (χ4v) is 4.49. The van der Waals surface area contributed by atoms with Crippen molar-refractivity contribution < 1.29 is 19.2 Å². The number of ether oxygens (including phenoxy) is 1. The van der Waals surface area contributed by atoms with Crippen molar-refractivity contribution in [3.05, 3.63) is 70.1 Å². The number of halogens is 1. The van der Waals surface area contributed by atoms with Gasteiger partial charge in [0, 0.05) is 30.2 Å². The van der Waals surface area contributed by atoms with Gasteiger partial charge in [0.05, 0.1) is 16.1 Å². The maximum Gasteiger partial charge on any atom is 0.220 e. The maximum atomic E-state index is 13.0. The molecule has 2 aromatic carbocycles. The molecule has 0 spiro atoms. The molecule has 0 atom stereocenters. The Morgan fingerprint density at radius 1 is 1.16 bits per heavy atom. The molecule has 0 aliphatic carbocycles. The van der Waals surface area contributed by atoms with Gasteiger partial charge in [0.2, 0.25) is 11.7 Å². The highest BCUT2D eigenvalue weighted by Crippen LogP contribution is 2.38. The Labute approximate surface area is 183 Å². The Kier molecular flexibility index (Phi) is 5.04. The Balaban J connectivity index is 1.55. The van der Waals surface area contributed by atoms with Gasteiger partial charge in [-0.2, -0.15) is 0 Å². The van der Waals surface area contributed by atoms with E-state index in [4.69, 9.17) is 20.9 Å². The zero-order chi connectivity index (χ0) is 21.5. The van der Waals surface area contributed by atoms with Gasteiger partial charge < -0.3 is 19.4 Å². The number of benzene rings is 2. The average Bonchev–Trinajstić information content (AvgIpc) is 3.35. The number of carbonyl (C=O) groups is 1. The third-order valence-electron chi connectivity index (χ3n) is 5.87. The van der Waals surface area contributed by atoms with Crippen molar-refractivity contribution in [1.82, 2.24) is 10.1 Å². The predicted octanol–water partition coefficient (Wildman–Crippen LogP) is 5.62. The number of carbonyl (C=O) groups excluding carboxylic acids is 1. The van der Waals surface area contributed by atoms with E-state index in [9.17, 15) is 9.90 Å². The largest absolute Gasteiger partial charge is 0.494 e. The average molecular weight is 437 g/mol. The third-order valence-corrected chi connectivity index (χ3v) is 6.18. The number of rotatable bonds is 4. The Hall–Kier alpha value is -3.09. The highest BCUT2D eigenvalue weighted by molar-refractivity contribution is 6.34. The van der Waals surface area contributed by atoms with Crippen molar-refractivity contribution in [2.45, 2.75) is 25.7 Å². The van der Waals surface area contributed by atoms with Crippen molar-refractivity contribution >= 4 is 28.3 Å². The van der Waals surface area contributed by atoms with Crippen molar-refractivity contribution in [3.8, 4) is 17.0 Å². The Morgan fingerprint density at radius 2 is 1.90 bits per heavy atom. The molecule has 3 heterocycles. The number of hydrogen-bond acceptors (Lipinski definition) is 5. The van der Waals surface area contributed by atoms with E-state index in [1.807, 2.05) is 18.2 Å². The fourth-order valence-electron chi connectivity index (χ4n) is 4.22. The number of nitrogens with zero attached hydrogens (tertiary/aromatic N) is 1. The molecule has 0 radical (unpaired) electrons. The van der Waals surface area contributed by atoms with Crippen LogP contribution >= 0.6 is 11.6 Å². The zero-order valence-corrected chi connectivity index (χ0v) is 17.7. The molecular weight excluding hydrogens is 416 g/mol. The second-order valence-electron chi connectivity index (χ2n) is 7.89. The first-order valence-electron chi connectivity index (χ1n) is 10.2. The molecule has 1 aliphatic rings. The smallest absolute Gasteiger partial charge is 0.220 e. The lowest BCUT2D eigenvalue weighted by Gasteiger charge is -2.22. The van der Waals surface area contributed by atoms with Crippen LogP contribution in [0.1, 0.15) is 46.1 Å². The van der Waals surface area contributed by atoms with Crippen molar-refractivity contribution in [2.24, 2.45) is 0 Å². The lowest BCUT2D eigenvalue weighted by atomic mass is 9.90. The van der Waals surface area contributed by atoms with Crippen LogP contribution in [-0.2, 0) is 4.74 Å². The van der Waals surface area contributed by atoms with Gasteiger partial charge in [-0.1, -0.05) is 41.0 Å². The van der Waals surface area contributed by atoms with Crippen molar-refractivity contribution in [3.63, 3.8) is 0 Å². The monoisotopic (exact) mass is 436 g/mol. The fraction of sp³-hybridized carbons (Fsp3) is 0.250. The standard InChI is InChI=1S/C24H21ClN2O4/c1-13-10-21(27-31-13)23(28)22-18-11-17(19(25)12-20(18)26-24(22)29)16-4-2-14(3-5-16)15-6-8-30-9-7-15/h2-5,10-12,15,26,29H,6-9H2,1H3. The Morgan fingerprint density at radius 3 is 2.58 bits per heavy atom. The molecule has 0 bridgehead atoms. The van der Waals surface area contributed by atoms with Gasteiger partial charge in [-0.3, -0.25) is 4.79 Å². The first kappa shape index (κ1) is 19.8. The van der Waals surface area contributed by atoms with Gasteiger partial charge in [-0.25, -0.2) is 0 Å². The molecule has 5 rings (SSSR count). The second kappa shape index (κ2) is 7.87. The van der Waals surface area contributed by atoms with Crippen LogP contribution in [0.15, 0.2) is 47.0 Å². The molecule has 7 heteroatoms. The topological polar surface area (TPSA) is 88.3 Å². The summed E-state index contributed by atoms with van der Waals surface area (Å²) in [6.45, 7) is 3.31. The van der Waals surface area contributed by atoms with Crippen LogP contribution in [-0.4, -0.2) is 34.2 Å². The molecule has 31 heavy (non-hydrogen) atoms. The van der Waals surface area contributed by atoms with Crippen LogP contribution in [0, 0.1) is 6.92 Å². The molecular formula is C24H21ClN2O4. The molecule has 1 saturated heterocycles. The van der Waals surface area contributed by atoms with Crippen LogP contribution in [0.2, 0.25) is 5.02 Å². The number of hydrogen-bond donors (Lipinski definition) is 2. The van der Waals surface area contributed by atoms with E-state index in [-0.39, 0.29) is 17.1 Å². The van der Waals surface area contributed by atoms with E-state index in [0.717, 1.165) is 37.2 Å². The molecule has 0 amide bonds. The van der Waals surface area contributed by atoms with E-state index < -0.39 is 5.78 Å². The first-order chi connectivity index (χ1) is 15.0. The molecule has 1 fully saturated rings. The minimum atomic E-state index is -0.413. The summed E-state index contributed by atoms with van der Waals surface area (Å²) in [5.41, 5.74) is 3.90. The van der Waals surface area contributed by atoms with Gasteiger partial charge in [-0.05, 0) is 48.9 Å².